The number of aromatic nitrogens is 2. The molecule has 3 heterocycles. The highest BCUT2D eigenvalue weighted by molar-refractivity contribution is 7.90. The first-order chi connectivity index (χ1) is 13.4. The summed E-state index contributed by atoms with van der Waals surface area (Å²) in [4.78, 5) is 14.4. The molecule has 0 aliphatic carbocycles. The summed E-state index contributed by atoms with van der Waals surface area (Å²) in [5.41, 5.74) is 1.40. The second kappa shape index (κ2) is 7.77. The van der Waals surface area contributed by atoms with E-state index in [0.29, 0.717) is 49.6 Å². The number of carbonyl (C=O) groups is 1. The van der Waals surface area contributed by atoms with Crippen molar-refractivity contribution in [2.24, 2.45) is 5.92 Å². The van der Waals surface area contributed by atoms with Gasteiger partial charge in [0.05, 0.1) is 23.2 Å². The summed E-state index contributed by atoms with van der Waals surface area (Å²) in [6, 6.07) is 8.89. The van der Waals surface area contributed by atoms with Crippen LogP contribution in [0.25, 0.3) is 0 Å². The summed E-state index contributed by atoms with van der Waals surface area (Å²) < 4.78 is 27.7. The lowest BCUT2D eigenvalue weighted by Crippen LogP contribution is -2.34. The van der Waals surface area contributed by atoms with Crippen molar-refractivity contribution in [3.8, 4) is 0 Å². The molecule has 2 aliphatic heterocycles. The summed E-state index contributed by atoms with van der Waals surface area (Å²) >= 11 is 5.91. The van der Waals surface area contributed by atoms with E-state index in [1.165, 1.54) is 12.4 Å². The van der Waals surface area contributed by atoms with Gasteiger partial charge in [-0.2, -0.15) is 14.5 Å². The minimum Gasteiger partial charge on any atom is -0.339 e. The molecule has 148 valence electrons. The lowest BCUT2D eigenvalue weighted by molar-refractivity contribution is 0.0758. The average Bonchev–Trinajstić information content (AvgIpc) is 2.84. The Hall–Kier alpha value is -2.03. The van der Waals surface area contributed by atoms with Crippen molar-refractivity contribution in [2.75, 3.05) is 19.6 Å². The van der Waals surface area contributed by atoms with Gasteiger partial charge in [-0.15, -0.1) is 0 Å². The molecular weight excluding hydrogens is 400 g/mol. The summed E-state index contributed by atoms with van der Waals surface area (Å²) in [7, 11) is -3.39. The van der Waals surface area contributed by atoms with Crippen molar-refractivity contribution in [3.05, 3.63) is 58.9 Å². The predicted molar refractivity (Wildman–Crippen MR) is 105 cm³/mol. The smallest absolute Gasteiger partial charge is 0.255 e. The van der Waals surface area contributed by atoms with Crippen molar-refractivity contribution < 1.29 is 13.2 Å². The van der Waals surface area contributed by atoms with Gasteiger partial charge in [-0.3, -0.25) is 4.79 Å². The van der Waals surface area contributed by atoms with Gasteiger partial charge < -0.3 is 4.90 Å². The number of carbonyl (C=O) groups excluding carboxylic acids is 1. The third kappa shape index (κ3) is 3.76. The molecule has 7 nitrogen and oxygen atoms in total. The number of halogens is 1. The van der Waals surface area contributed by atoms with E-state index in [9.17, 15) is 13.2 Å². The van der Waals surface area contributed by atoms with E-state index < -0.39 is 15.3 Å². The van der Waals surface area contributed by atoms with Crippen LogP contribution in [0.15, 0.2) is 42.7 Å². The van der Waals surface area contributed by atoms with Gasteiger partial charge in [0.1, 0.15) is 0 Å². The van der Waals surface area contributed by atoms with Gasteiger partial charge in [-0.05, 0) is 42.5 Å². The number of hydrogen-bond donors (Lipinski definition) is 0. The number of benzene rings is 1. The summed E-state index contributed by atoms with van der Waals surface area (Å²) in [6.07, 6.45) is 4.05. The maximum Gasteiger partial charge on any atom is 0.255 e. The Bertz CT molecular complexity index is 953. The molecule has 1 aromatic carbocycles. The Morgan fingerprint density at radius 3 is 2.57 bits per heavy atom. The van der Waals surface area contributed by atoms with Crippen LogP contribution in [0.5, 0.6) is 0 Å². The third-order valence-corrected chi connectivity index (χ3v) is 8.19. The Morgan fingerprint density at radius 2 is 1.86 bits per heavy atom. The molecule has 0 spiro atoms. The van der Waals surface area contributed by atoms with E-state index in [1.807, 2.05) is 12.1 Å². The molecule has 0 saturated carbocycles. The Morgan fingerprint density at radius 1 is 1.11 bits per heavy atom. The molecule has 28 heavy (non-hydrogen) atoms. The monoisotopic (exact) mass is 420 g/mol. The fourth-order valence-corrected chi connectivity index (χ4v) is 6.40. The zero-order valence-corrected chi connectivity index (χ0v) is 16.8. The van der Waals surface area contributed by atoms with Crippen molar-refractivity contribution in [1.29, 1.82) is 0 Å². The van der Waals surface area contributed by atoms with Crippen LogP contribution < -0.4 is 0 Å². The number of fused-ring (bicyclic) bond motifs is 1. The number of nitrogens with zero attached hydrogens (tertiary/aromatic N) is 4. The van der Waals surface area contributed by atoms with E-state index in [0.717, 1.165) is 5.56 Å². The molecule has 0 N–H and O–H groups in total. The number of likely N-dealkylation sites (tertiary alicyclic amines) is 1. The molecule has 0 radical (unpaired) electrons. The van der Waals surface area contributed by atoms with Crippen molar-refractivity contribution in [1.82, 2.24) is 19.4 Å². The molecule has 0 bridgehead atoms. The molecule has 1 amide bonds. The first-order valence-corrected chi connectivity index (χ1v) is 11.1. The van der Waals surface area contributed by atoms with Crippen LogP contribution >= 0.6 is 11.6 Å². The van der Waals surface area contributed by atoms with Crippen molar-refractivity contribution >= 4 is 27.5 Å². The molecule has 9 heteroatoms. The highest BCUT2D eigenvalue weighted by Gasteiger charge is 2.47. The first kappa shape index (κ1) is 19.3. The molecular formula is C19H21ClN4O3S. The molecule has 4 rings (SSSR count). The molecule has 2 atom stereocenters. The Labute approximate surface area is 169 Å². The molecule has 2 fully saturated rings. The maximum absolute atomic E-state index is 13.1. The van der Waals surface area contributed by atoms with Crippen molar-refractivity contribution in [3.63, 3.8) is 0 Å². The molecule has 2 aliphatic rings. The quantitative estimate of drug-likeness (QED) is 0.760. The number of rotatable bonds is 3. The second-order valence-corrected chi connectivity index (χ2v) is 9.85. The number of hydrogen-bond acceptors (Lipinski definition) is 5. The maximum atomic E-state index is 13.1. The average molecular weight is 421 g/mol. The van der Waals surface area contributed by atoms with Crippen LogP contribution in [0.1, 0.15) is 28.8 Å². The van der Waals surface area contributed by atoms with E-state index >= 15 is 0 Å². The Balaban J connectivity index is 1.46. The third-order valence-electron chi connectivity index (χ3n) is 5.55. The zero-order chi connectivity index (χ0) is 19.7. The predicted octanol–water partition coefficient (Wildman–Crippen LogP) is 2.20. The van der Waals surface area contributed by atoms with Crippen molar-refractivity contribution in [2.45, 2.75) is 24.6 Å². The van der Waals surface area contributed by atoms with Gasteiger partial charge in [-0.1, -0.05) is 23.7 Å². The first-order valence-electron chi connectivity index (χ1n) is 9.24. The molecule has 0 unspecified atom stereocenters. The van der Waals surface area contributed by atoms with Crippen LogP contribution in [0.4, 0.5) is 0 Å². The molecule has 1 aromatic heterocycles. The molecule has 2 saturated heterocycles. The minimum absolute atomic E-state index is 0.0330. The fourth-order valence-electron chi connectivity index (χ4n) is 4.05. The van der Waals surface area contributed by atoms with E-state index in [1.54, 1.807) is 27.4 Å². The van der Waals surface area contributed by atoms with Gasteiger partial charge in [-0.25, -0.2) is 8.42 Å². The Kier molecular flexibility index (Phi) is 5.35. The highest BCUT2D eigenvalue weighted by atomic mass is 35.5. The van der Waals surface area contributed by atoms with Gasteiger partial charge in [0.2, 0.25) is 10.0 Å². The summed E-state index contributed by atoms with van der Waals surface area (Å²) in [5, 5.41) is 7.64. The lowest BCUT2D eigenvalue weighted by atomic mass is 10.0. The van der Waals surface area contributed by atoms with Crippen LogP contribution in [0.3, 0.4) is 0 Å². The van der Waals surface area contributed by atoms with Crippen LogP contribution in [-0.4, -0.2) is 58.6 Å². The number of amides is 1. The zero-order valence-electron chi connectivity index (χ0n) is 15.2. The largest absolute Gasteiger partial charge is 0.339 e. The summed E-state index contributed by atoms with van der Waals surface area (Å²) in [5.74, 6) is -0.0871. The van der Waals surface area contributed by atoms with Gasteiger partial charge in [0.25, 0.3) is 5.91 Å². The van der Waals surface area contributed by atoms with Gasteiger partial charge in [0, 0.05) is 31.2 Å². The topological polar surface area (TPSA) is 83.5 Å². The summed E-state index contributed by atoms with van der Waals surface area (Å²) in [6.45, 7) is 1.83. The van der Waals surface area contributed by atoms with Gasteiger partial charge >= 0.3 is 0 Å². The lowest BCUT2D eigenvalue weighted by Gasteiger charge is -2.22. The second-order valence-electron chi connectivity index (χ2n) is 7.26. The van der Waals surface area contributed by atoms with Crippen LogP contribution in [0, 0.1) is 5.92 Å². The van der Waals surface area contributed by atoms with Crippen LogP contribution in [0.2, 0.25) is 5.02 Å². The molecule has 2 aromatic rings. The highest BCUT2D eigenvalue weighted by Crippen LogP contribution is 2.35. The number of sulfonamides is 1. The normalized spacial score (nSPS) is 24.5. The fraction of sp³-hybridized carbons (Fsp3) is 0.421. The van der Waals surface area contributed by atoms with E-state index in [-0.39, 0.29) is 11.8 Å². The van der Waals surface area contributed by atoms with Gasteiger partial charge in [0.15, 0.2) is 0 Å². The van der Waals surface area contributed by atoms with E-state index in [4.69, 9.17) is 11.6 Å². The SMILES string of the molecule is O=C(c1ccnnc1)N1CC[C@@H]2CN(Cc3ccc(Cl)cc3)S(=O)(=O)[C@@H]2CC1. The minimum atomic E-state index is -3.39. The van der Waals surface area contributed by atoms with Crippen LogP contribution in [-0.2, 0) is 16.6 Å². The van der Waals surface area contributed by atoms with E-state index in [2.05, 4.69) is 10.2 Å². The standard InChI is InChI=1S/C19H21ClN4O3S/c20-17-3-1-14(2-4-17)12-24-13-16-6-9-23(10-7-18(16)28(24,26)27)19(25)15-5-8-21-22-11-15/h1-5,8,11,16,18H,6-7,9-10,12-13H2/t16-,18-/m1/s1.